The van der Waals surface area contributed by atoms with Crippen LogP contribution >= 0.6 is 11.8 Å². The van der Waals surface area contributed by atoms with Crippen LogP contribution in [-0.2, 0) is 12.3 Å². The molecule has 2 N–H and O–H groups in total. The van der Waals surface area contributed by atoms with Gasteiger partial charge in [0.15, 0.2) is 5.82 Å². The van der Waals surface area contributed by atoms with Crippen molar-refractivity contribution in [1.82, 2.24) is 10.1 Å². The minimum atomic E-state index is 0.320. The van der Waals surface area contributed by atoms with Gasteiger partial charge in [-0.25, -0.2) is 0 Å². The van der Waals surface area contributed by atoms with Crippen LogP contribution in [0.3, 0.4) is 0 Å². The molecule has 0 saturated carbocycles. The van der Waals surface area contributed by atoms with E-state index in [9.17, 15) is 0 Å². The van der Waals surface area contributed by atoms with Crippen LogP contribution in [0.25, 0.3) is 0 Å². The van der Waals surface area contributed by atoms with Crippen LogP contribution in [0.1, 0.15) is 32.0 Å². The van der Waals surface area contributed by atoms with Crippen molar-refractivity contribution in [2.75, 3.05) is 0 Å². The van der Waals surface area contributed by atoms with Gasteiger partial charge in [0.25, 0.3) is 0 Å². The quantitative estimate of drug-likeness (QED) is 0.783. The SMILES string of the molecule is CCC(C)SCc1noc(CN)n1. The molecule has 1 atom stereocenters. The predicted octanol–water partition coefficient (Wildman–Crippen LogP) is 1.56. The molecule has 0 saturated heterocycles. The number of hydrogen-bond donors (Lipinski definition) is 1. The molecule has 0 aromatic carbocycles. The van der Waals surface area contributed by atoms with Gasteiger partial charge in [-0.3, -0.25) is 0 Å². The van der Waals surface area contributed by atoms with E-state index in [1.165, 1.54) is 0 Å². The van der Waals surface area contributed by atoms with Gasteiger partial charge in [-0.1, -0.05) is 19.0 Å². The molecule has 0 aliphatic carbocycles. The zero-order valence-corrected chi connectivity index (χ0v) is 8.80. The van der Waals surface area contributed by atoms with Gasteiger partial charge in [-0.2, -0.15) is 16.7 Å². The highest BCUT2D eigenvalue weighted by Crippen LogP contribution is 2.17. The Hall–Kier alpha value is -0.550. The highest BCUT2D eigenvalue weighted by Gasteiger charge is 2.06. The van der Waals surface area contributed by atoms with Crippen molar-refractivity contribution in [2.24, 2.45) is 5.73 Å². The Labute approximate surface area is 82.3 Å². The van der Waals surface area contributed by atoms with Crippen LogP contribution in [0.15, 0.2) is 4.52 Å². The van der Waals surface area contributed by atoms with Crippen molar-refractivity contribution in [2.45, 2.75) is 37.8 Å². The lowest BCUT2D eigenvalue weighted by Gasteiger charge is -2.04. The maximum Gasteiger partial charge on any atom is 0.240 e. The van der Waals surface area contributed by atoms with Gasteiger partial charge in [-0.15, -0.1) is 0 Å². The molecule has 1 unspecified atom stereocenters. The summed E-state index contributed by atoms with van der Waals surface area (Å²) >= 11 is 1.83. The fourth-order valence-corrected chi connectivity index (χ4v) is 1.55. The van der Waals surface area contributed by atoms with Crippen molar-refractivity contribution in [3.63, 3.8) is 0 Å². The van der Waals surface area contributed by atoms with E-state index in [1.54, 1.807) is 0 Å². The van der Waals surface area contributed by atoms with Crippen molar-refractivity contribution < 1.29 is 4.52 Å². The molecule has 4 nitrogen and oxygen atoms in total. The maximum atomic E-state index is 5.34. The molecule has 13 heavy (non-hydrogen) atoms. The molecule has 1 heterocycles. The van der Waals surface area contributed by atoms with Crippen LogP contribution < -0.4 is 5.73 Å². The first-order chi connectivity index (χ1) is 6.26. The van der Waals surface area contributed by atoms with Gasteiger partial charge in [0.05, 0.1) is 12.3 Å². The lowest BCUT2D eigenvalue weighted by Crippen LogP contribution is -1.97. The third-order valence-electron chi connectivity index (χ3n) is 1.76. The summed E-state index contributed by atoms with van der Waals surface area (Å²) in [5.74, 6) is 2.06. The Morgan fingerprint density at radius 3 is 2.92 bits per heavy atom. The second kappa shape index (κ2) is 5.24. The van der Waals surface area contributed by atoms with Crippen LogP contribution in [0.5, 0.6) is 0 Å². The predicted molar refractivity (Wildman–Crippen MR) is 53.2 cm³/mol. The van der Waals surface area contributed by atoms with E-state index in [0.29, 0.717) is 17.7 Å². The van der Waals surface area contributed by atoms with E-state index in [4.69, 9.17) is 10.3 Å². The second-order valence-corrected chi connectivity index (χ2v) is 4.27. The van der Waals surface area contributed by atoms with E-state index in [0.717, 1.165) is 18.0 Å². The van der Waals surface area contributed by atoms with E-state index < -0.39 is 0 Å². The van der Waals surface area contributed by atoms with E-state index in [1.807, 2.05) is 11.8 Å². The molecule has 0 amide bonds. The molecule has 74 valence electrons. The minimum Gasteiger partial charge on any atom is -0.338 e. The average molecular weight is 201 g/mol. The first-order valence-corrected chi connectivity index (χ1v) is 5.44. The summed E-state index contributed by atoms with van der Waals surface area (Å²) < 4.78 is 4.88. The summed E-state index contributed by atoms with van der Waals surface area (Å²) in [6.45, 7) is 4.68. The van der Waals surface area contributed by atoms with Gasteiger partial charge < -0.3 is 10.3 Å². The number of thioether (sulfide) groups is 1. The maximum absolute atomic E-state index is 5.34. The molecule has 0 aliphatic rings. The second-order valence-electron chi connectivity index (χ2n) is 2.84. The molecular weight excluding hydrogens is 186 g/mol. The summed E-state index contributed by atoms with van der Waals surface area (Å²) in [5, 5.41) is 4.45. The standard InChI is InChI=1S/C8H15N3OS/c1-3-6(2)13-5-7-10-8(4-9)12-11-7/h6H,3-5,9H2,1-2H3. The van der Waals surface area contributed by atoms with E-state index in [-0.39, 0.29) is 0 Å². The molecule has 0 spiro atoms. The van der Waals surface area contributed by atoms with Gasteiger partial charge in [0, 0.05) is 5.25 Å². The number of aromatic nitrogens is 2. The largest absolute Gasteiger partial charge is 0.338 e. The Kier molecular flexibility index (Phi) is 4.24. The fourth-order valence-electron chi connectivity index (χ4n) is 0.766. The zero-order chi connectivity index (χ0) is 9.68. The third-order valence-corrected chi connectivity index (χ3v) is 3.08. The number of rotatable bonds is 5. The molecule has 0 aliphatic heterocycles. The molecule has 0 radical (unpaired) electrons. The Bertz CT molecular complexity index is 251. The summed E-state index contributed by atoms with van der Waals surface area (Å²) in [4.78, 5) is 4.11. The number of hydrogen-bond acceptors (Lipinski definition) is 5. The van der Waals surface area contributed by atoms with Gasteiger partial charge in [0.2, 0.25) is 5.89 Å². The van der Waals surface area contributed by atoms with Crippen LogP contribution in [0.4, 0.5) is 0 Å². The lowest BCUT2D eigenvalue weighted by molar-refractivity contribution is 0.376. The van der Waals surface area contributed by atoms with Crippen LogP contribution in [-0.4, -0.2) is 15.4 Å². The highest BCUT2D eigenvalue weighted by atomic mass is 32.2. The Morgan fingerprint density at radius 2 is 2.38 bits per heavy atom. The topological polar surface area (TPSA) is 64.9 Å². The summed E-state index contributed by atoms with van der Waals surface area (Å²) in [6, 6.07) is 0. The molecule has 1 aromatic heterocycles. The zero-order valence-electron chi connectivity index (χ0n) is 7.99. The van der Waals surface area contributed by atoms with E-state index in [2.05, 4.69) is 24.0 Å². The first kappa shape index (κ1) is 10.5. The van der Waals surface area contributed by atoms with Crippen molar-refractivity contribution in [3.05, 3.63) is 11.7 Å². The van der Waals surface area contributed by atoms with Crippen LogP contribution in [0.2, 0.25) is 0 Å². The van der Waals surface area contributed by atoms with Crippen molar-refractivity contribution in [3.8, 4) is 0 Å². The van der Waals surface area contributed by atoms with Gasteiger partial charge in [0.1, 0.15) is 0 Å². The molecule has 5 heteroatoms. The van der Waals surface area contributed by atoms with Crippen molar-refractivity contribution in [1.29, 1.82) is 0 Å². The Balaban J connectivity index is 2.36. The smallest absolute Gasteiger partial charge is 0.240 e. The van der Waals surface area contributed by atoms with Crippen LogP contribution in [0, 0.1) is 0 Å². The average Bonchev–Trinajstić information content (AvgIpc) is 2.61. The Morgan fingerprint density at radius 1 is 1.62 bits per heavy atom. The first-order valence-electron chi connectivity index (χ1n) is 4.39. The molecule has 0 fully saturated rings. The lowest BCUT2D eigenvalue weighted by atomic mass is 10.4. The minimum absolute atomic E-state index is 0.320. The fraction of sp³-hybridized carbons (Fsp3) is 0.750. The molecule has 0 bridgehead atoms. The monoisotopic (exact) mass is 201 g/mol. The van der Waals surface area contributed by atoms with Gasteiger partial charge in [-0.05, 0) is 6.42 Å². The molecule has 1 aromatic rings. The summed E-state index contributed by atoms with van der Waals surface area (Å²) in [7, 11) is 0. The van der Waals surface area contributed by atoms with E-state index >= 15 is 0 Å². The van der Waals surface area contributed by atoms with Crippen molar-refractivity contribution >= 4 is 11.8 Å². The normalized spacial score (nSPS) is 13.2. The highest BCUT2D eigenvalue weighted by molar-refractivity contribution is 7.99. The molecular formula is C8H15N3OS. The summed E-state index contributed by atoms with van der Waals surface area (Å²) in [5.41, 5.74) is 5.34. The number of nitrogens with zero attached hydrogens (tertiary/aromatic N) is 2. The molecule has 1 rings (SSSR count). The van der Waals surface area contributed by atoms with Gasteiger partial charge >= 0.3 is 0 Å². The number of nitrogens with two attached hydrogens (primary N) is 1. The third kappa shape index (κ3) is 3.36. The summed E-state index contributed by atoms with van der Waals surface area (Å²) in [6.07, 6.45) is 1.16.